The Balaban J connectivity index is 1.65. The first-order chi connectivity index (χ1) is 16.9. The van der Waals surface area contributed by atoms with Gasteiger partial charge in [0.15, 0.2) is 0 Å². The summed E-state index contributed by atoms with van der Waals surface area (Å²) in [5.41, 5.74) is 6.21. The number of hydrogen-bond donors (Lipinski definition) is 2. The molecule has 0 aliphatic rings. The second-order valence-electron chi connectivity index (χ2n) is 8.02. The molecule has 9 nitrogen and oxygen atoms in total. The zero-order valence-electron chi connectivity index (χ0n) is 20.0. The Kier molecular flexibility index (Phi) is 8.57. The van der Waals surface area contributed by atoms with Gasteiger partial charge in [0.05, 0.1) is 27.7 Å². The Labute approximate surface area is 219 Å². The van der Waals surface area contributed by atoms with E-state index in [9.17, 15) is 18.0 Å². The number of nitrogens with one attached hydrogen (secondary N) is 2. The van der Waals surface area contributed by atoms with Crippen molar-refractivity contribution in [3.8, 4) is 5.69 Å². The molecular formula is C24H25Cl2N5O4S. The molecule has 0 saturated carbocycles. The van der Waals surface area contributed by atoms with Crippen molar-refractivity contribution in [2.45, 2.75) is 25.7 Å². The number of aromatic nitrogens is 1. The summed E-state index contributed by atoms with van der Waals surface area (Å²) in [5, 5.41) is 7.44. The number of rotatable bonds is 8. The van der Waals surface area contributed by atoms with Crippen LogP contribution in [-0.4, -0.2) is 48.9 Å². The Bertz CT molecular complexity index is 1430. The lowest BCUT2D eigenvalue weighted by Gasteiger charge is -2.16. The highest BCUT2D eigenvalue weighted by Gasteiger charge is 2.23. The zero-order chi connectivity index (χ0) is 26.6. The molecule has 1 heterocycles. The van der Waals surface area contributed by atoms with Crippen molar-refractivity contribution in [3.05, 3.63) is 75.5 Å². The molecule has 0 radical (unpaired) electrons. The minimum atomic E-state index is -3.92. The van der Waals surface area contributed by atoms with Crippen LogP contribution in [-0.2, 0) is 19.6 Å². The van der Waals surface area contributed by atoms with Crippen molar-refractivity contribution in [1.29, 1.82) is 0 Å². The van der Waals surface area contributed by atoms with Crippen LogP contribution < -0.4 is 10.7 Å². The molecule has 3 aromatic rings. The summed E-state index contributed by atoms with van der Waals surface area (Å²) in [6.07, 6.45) is 1.49. The van der Waals surface area contributed by atoms with E-state index >= 15 is 0 Å². The van der Waals surface area contributed by atoms with E-state index in [1.165, 1.54) is 44.5 Å². The van der Waals surface area contributed by atoms with Gasteiger partial charge in [-0.25, -0.2) is 13.8 Å². The van der Waals surface area contributed by atoms with E-state index < -0.39 is 22.5 Å². The molecule has 1 aromatic heterocycles. The number of carbonyl (C=O) groups excluding carboxylic acids is 2. The summed E-state index contributed by atoms with van der Waals surface area (Å²) in [4.78, 5) is 23.4. The molecule has 0 unspecified atom stereocenters. The van der Waals surface area contributed by atoms with E-state index in [0.29, 0.717) is 15.7 Å². The van der Waals surface area contributed by atoms with Gasteiger partial charge in [-0.1, -0.05) is 23.2 Å². The summed E-state index contributed by atoms with van der Waals surface area (Å²) >= 11 is 12.2. The highest BCUT2D eigenvalue weighted by Crippen LogP contribution is 2.27. The Morgan fingerprint density at radius 2 is 1.72 bits per heavy atom. The van der Waals surface area contributed by atoms with E-state index in [-0.39, 0.29) is 10.8 Å². The minimum absolute atomic E-state index is 0.00912. The fourth-order valence-corrected chi connectivity index (χ4v) is 4.95. The molecule has 0 fully saturated rings. The number of hydrazone groups is 1. The molecule has 12 heteroatoms. The van der Waals surface area contributed by atoms with E-state index in [2.05, 4.69) is 15.8 Å². The molecule has 2 amide bonds. The standard InChI is InChI=1S/C24H25Cl2N5O4S/c1-15-11-18(16(2)31(15)20-7-10-22(25)23(26)12-20)13-27-29-24(33)14-30(4)36(34,35)21-8-5-19(6-9-21)28-17(3)32/h5-13H,14H2,1-4H3,(H,28,32)(H,29,33)/b27-13-. The van der Waals surface area contributed by atoms with Crippen LogP contribution in [0.4, 0.5) is 5.69 Å². The summed E-state index contributed by atoms with van der Waals surface area (Å²) in [6, 6.07) is 12.9. The van der Waals surface area contributed by atoms with Crippen LogP contribution in [0, 0.1) is 13.8 Å². The lowest BCUT2D eigenvalue weighted by Crippen LogP contribution is -2.36. The molecule has 0 atom stereocenters. The summed E-state index contributed by atoms with van der Waals surface area (Å²) in [6.45, 7) is 4.74. The van der Waals surface area contributed by atoms with Gasteiger partial charge in [0, 0.05) is 42.3 Å². The van der Waals surface area contributed by atoms with Gasteiger partial charge in [-0.3, -0.25) is 9.59 Å². The summed E-state index contributed by atoms with van der Waals surface area (Å²) < 4.78 is 28.4. The number of halogens is 2. The number of sulfonamides is 1. The highest BCUT2D eigenvalue weighted by molar-refractivity contribution is 7.89. The average Bonchev–Trinajstić information content (AvgIpc) is 3.08. The zero-order valence-corrected chi connectivity index (χ0v) is 22.4. The van der Waals surface area contributed by atoms with Crippen LogP contribution in [0.15, 0.2) is 58.5 Å². The number of amides is 2. The molecule has 2 aromatic carbocycles. The van der Waals surface area contributed by atoms with Crippen LogP contribution in [0.25, 0.3) is 5.69 Å². The fourth-order valence-electron chi connectivity index (χ4n) is 3.53. The SMILES string of the molecule is CC(=O)Nc1ccc(S(=O)(=O)N(C)CC(=O)N/N=C\c2cc(C)n(-c3ccc(Cl)c(Cl)c3)c2C)cc1. The van der Waals surface area contributed by atoms with Crippen LogP contribution in [0.2, 0.25) is 10.0 Å². The smallest absolute Gasteiger partial charge is 0.255 e. The van der Waals surface area contributed by atoms with E-state index in [4.69, 9.17) is 23.2 Å². The predicted molar refractivity (Wildman–Crippen MR) is 142 cm³/mol. The van der Waals surface area contributed by atoms with Crippen LogP contribution in [0.1, 0.15) is 23.9 Å². The van der Waals surface area contributed by atoms with E-state index in [1.54, 1.807) is 12.1 Å². The molecule has 3 rings (SSSR count). The number of likely N-dealkylation sites (N-methyl/N-ethyl adjacent to an activating group) is 1. The topological polar surface area (TPSA) is 113 Å². The minimum Gasteiger partial charge on any atom is -0.326 e. The van der Waals surface area contributed by atoms with Crippen molar-refractivity contribution in [2.24, 2.45) is 5.10 Å². The molecule has 0 aliphatic heterocycles. The maximum absolute atomic E-state index is 12.8. The monoisotopic (exact) mass is 549 g/mol. The molecule has 190 valence electrons. The van der Waals surface area contributed by atoms with Crippen molar-refractivity contribution in [1.82, 2.24) is 14.3 Å². The number of anilines is 1. The van der Waals surface area contributed by atoms with Gasteiger partial charge < -0.3 is 9.88 Å². The Morgan fingerprint density at radius 3 is 2.33 bits per heavy atom. The number of benzene rings is 2. The van der Waals surface area contributed by atoms with Gasteiger partial charge in [0.1, 0.15) is 0 Å². The number of hydrogen-bond acceptors (Lipinski definition) is 5. The van der Waals surface area contributed by atoms with E-state index in [0.717, 1.165) is 26.9 Å². The molecule has 36 heavy (non-hydrogen) atoms. The molecule has 0 spiro atoms. The first kappa shape index (κ1) is 27.4. The maximum Gasteiger partial charge on any atom is 0.255 e. The molecule has 2 N–H and O–H groups in total. The summed E-state index contributed by atoms with van der Waals surface area (Å²) in [5.74, 6) is -0.873. The summed E-state index contributed by atoms with van der Waals surface area (Å²) in [7, 11) is -2.62. The second-order valence-corrected chi connectivity index (χ2v) is 10.9. The van der Waals surface area contributed by atoms with E-state index in [1.807, 2.05) is 30.5 Å². The molecule has 0 aliphatic carbocycles. The number of carbonyl (C=O) groups is 2. The third kappa shape index (κ3) is 6.33. The molecule has 0 saturated heterocycles. The van der Waals surface area contributed by atoms with Crippen molar-refractivity contribution in [2.75, 3.05) is 18.9 Å². The fraction of sp³-hybridized carbons (Fsp3) is 0.208. The van der Waals surface area contributed by atoms with Crippen molar-refractivity contribution < 1.29 is 18.0 Å². The van der Waals surface area contributed by atoms with Crippen LogP contribution in [0.5, 0.6) is 0 Å². The van der Waals surface area contributed by atoms with Gasteiger partial charge in [0.25, 0.3) is 5.91 Å². The van der Waals surface area contributed by atoms with Crippen molar-refractivity contribution >= 4 is 56.9 Å². The maximum atomic E-state index is 12.8. The van der Waals surface area contributed by atoms with Gasteiger partial charge in [-0.2, -0.15) is 9.41 Å². The van der Waals surface area contributed by atoms with Gasteiger partial charge in [-0.05, 0) is 62.4 Å². The third-order valence-electron chi connectivity index (χ3n) is 5.27. The van der Waals surface area contributed by atoms with Gasteiger partial charge in [0.2, 0.25) is 15.9 Å². The second kappa shape index (κ2) is 11.3. The predicted octanol–water partition coefficient (Wildman–Crippen LogP) is 4.13. The molecule has 0 bridgehead atoms. The Hall–Kier alpha value is -3.18. The lowest BCUT2D eigenvalue weighted by atomic mass is 10.2. The average molecular weight is 550 g/mol. The van der Waals surface area contributed by atoms with Crippen LogP contribution >= 0.6 is 23.2 Å². The first-order valence-corrected chi connectivity index (χ1v) is 12.9. The van der Waals surface area contributed by atoms with Gasteiger partial charge in [-0.15, -0.1) is 0 Å². The van der Waals surface area contributed by atoms with Crippen LogP contribution in [0.3, 0.4) is 0 Å². The first-order valence-electron chi connectivity index (χ1n) is 10.7. The normalized spacial score (nSPS) is 11.8. The highest BCUT2D eigenvalue weighted by atomic mass is 35.5. The third-order valence-corrected chi connectivity index (χ3v) is 7.83. The van der Waals surface area contributed by atoms with Gasteiger partial charge >= 0.3 is 0 Å². The lowest BCUT2D eigenvalue weighted by molar-refractivity contribution is -0.121. The number of aryl methyl sites for hydroxylation is 1. The quantitative estimate of drug-likeness (QED) is 0.324. The molecular weight excluding hydrogens is 525 g/mol. The van der Waals surface area contributed by atoms with Crippen molar-refractivity contribution in [3.63, 3.8) is 0 Å². The number of nitrogens with zero attached hydrogens (tertiary/aromatic N) is 3. The Morgan fingerprint density at radius 1 is 1.06 bits per heavy atom. The largest absolute Gasteiger partial charge is 0.326 e.